The largest absolute Gasteiger partial charge is 0.417 e. The topological polar surface area (TPSA) is 0 Å². The van der Waals surface area contributed by atoms with Crippen LogP contribution in [0.4, 0.5) is 13.2 Å². The Morgan fingerprint density at radius 1 is 1.42 bits per heavy atom. The summed E-state index contributed by atoms with van der Waals surface area (Å²) in [6, 6.07) is -1.73. The summed E-state index contributed by atoms with van der Waals surface area (Å²) < 4.78 is 58.7. The highest BCUT2D eigenvalue weighted by molar-refractivity contribution is 14.1. The van der Waals surface area contributed by atoms with Crippen LogP contribution in [-0.2, 0) is 6.18 Å². The lowest BCUT2D eigenvalue weighted by atomic mass is 10.2. The van der Waals surface area contributed by atoms with Gasteiger partial charge in [-0.2, -0.15) is 13.2 Å². The van der Waals surface area contributed by atoms with E-state index in [2.05, 4.69) is 15.9 Å². The molecule has 12 heavy (non-hydrogen) atoms. The molecule has 0 saturated heterocycles. The fourth-order valence-corrected chi connectivity index (χ4v) is 1.44. The van der Waals surface area contributed by atoms with Gasteiger partial charge in [-0.1, -0.05) is 15.9 Å². The minimum Gasteiger partial charge on any atom is -0.166 e. The van der Waals surface area contributed by atoms with Crippen LogP contribution in [-0.4, -0.2) is 0 Å². The molecule has 1 aromatic carbocycles. The number of halogens is 5. The Morgan fingerprint density at radius 2 is 2.00 bits per heavy atom. The van der Waals surface area contributed by atoms with Crippen molar-refractivity contribution in [3.63, 3.8) is 0 Å². The van der Waals surface area contributed by atoms with Crippen LogP contribution in [0, 0.1) is 3.57 Å². The van der Waals surface area contributed by atoms with Crippen LogP contribution in [0.15, 0.2) is 22.6 Å². The van der Waals surface area contributed by atoms with E-state index >= 15 is 0 Å². The molecule has 5 heteroatoms. The highest BCUT2D eigenvalue weighted by Gasteiger charge is 2.32. The Bertz CT molecular complexity index is 390. The van der Waals surface area contributed by atoms with Gasteiger partial charge < -0.3 is 0 Å². The summed E-state index contributed by atoms with van der Waals surface area (Å²) >= 11 is 4.04. The monoisotopic (exact) mass is 353 g/mol. The van der Waals surface area contributed by atoms with E-state index in [-0.39, 0.29) is 4.47 Å². The van der Waals surface area contributed by atoms with Crippen LogP contribution >= 0.6 is 38.5 Å². The molecule has 0 N–H and O–H groups in total. The summed E-state index contributed by atoms with van der Waals surface area (Å²) in [5.74, 6) is 0. The molecule has 0 radical (unpaired) electrons. The number of alkyl halides is 3. The van der Waals surface area contributed by atoms with Gasteiger partial charge in [0.05, 0.1) is 9.68 Å². The predicted molar refractivity (Wildman–Crippen MR) is 51.9 cm³/mol. The zero-order valence-corrected chi connectivity index (χ0v) is 9.13. The highest BCUT2D eigenvalue weighted by atomic mass is 127. The predicted octanol–water partition coefficient (Wildman–Crippen LogP) is 4.07. The first kappa shape index (κ1) is 6.64. The molecule has 0 unspecified atom stereocenters. The van der Waals surface area contributed by atoms with Crippen LogP contribution in [0.25, 0.3) is 0 Å². The van der Waals surface area contributed by atoms with Gasteiger partial charge in [-0.25, -0.2) is 0 Å². The van der Waals surface area contributed by atoms with Crippen molar-refractivity contribution in [2.75, 3.05) is 0 Å². The molecule has 0 amide bonds. The average molecular weight is 354 g/mol. The van der Waals surface area contributed by atoms with Crippen LogP contribution in [0.5, 0.6) is 0 Å². The van der Waals surface area contributed by atoms with Gasteiger partial charge in [-0.3, -0.25) is 0 Å². The summed E-state index contributed by atoms with van der Waals surface area (Å²) in [5, 5.41) is 0. The van der Waals surface area contributed by atoms with Gasteiger partial charge in [-0.15, -0.1) is 0 Å². The molecule has 0 aromatic heterocycles. The van der Waals surface area contributed by atoms with E-state index in [9.17, 15) is 13.2 Å². The van der Waals surface area contributed by atoms with E-state index < -0.39 is 33.4 Å². The van der Waals surface area contributed by atoms with Crippen molar-refractivity contribution in [3.05, 3.63) is 31.7 Å². The van der Waals surface area contributed by atoms with Crippen molar-refractivity contribution in [1.82, 2.24) is 0 Å². The molecular weight excluding hydrogens is 348 g/mol. The maximum Gasteiger partial charge on any atom is 0.417 e. The lowest BCUT2D eigenvalue weighted by molar-refractivity contribution is -0.138. The number of hydrogen-bond donors (Lipinski definition) is 0. The molecule has 0 nitrogen and oxygen atoms in total. The molecule has 1 aromatic rings. The molecule has 0 aliphatic carbocycles. The van der Waals surface area contributed by atoms with Crippen molar-refractivity contribution in [1.29, 1.82) is 0 Å². The second-order valence-corrected chi connectivity index (χ2v) is 3.75. The number of benzene rings is 1. The van der Waals surface area contributed by atoms with E-state index in [1.54, 1.807) is 0 Å². The van der Waals surface area contributed by atoms with E-state index in [0.717, 1.165) is 0 Å². The van der Waals surface area contributed by atoms with Crippen molar-refractivity contribution in [2.24, 2.45) is 0 Å². The maximum atomic E-state index is 12.5. The summed E-state index contributed by atoms with van der Waals surface area (Å²) in [7, 11) is 0. The zero-order chi connectivity index (χ0) is 12.0. The Morgan fingerprint density at radius 3 is 2.50 bits per heavy atom. The zero-order valence-electron chi connectivity index (χ0n) is 8.39. The Labute approximate surface area is 93.6 Å². The molecule has 0 fully saturated rings. The molecule has 66 valence electrons. The summed E-state index contributed by atoms with van der Waals surface area (Å²) in [6.07, 6.45) is -4.68. The quantitative estimate of drug-likeness (QED) is 0.617. The highest BCUT2D eigenvalue weighted by Crippen LogP contribution is 2.34. The van der Waals surface area contributed by atoms with E-state index in [1.165, 1.54) is 22.6 Å². The van der Waals surface area contributed by atoms with Gasteiger partial charge in [0.25, 0.3) is 0 Å². The summed E-state index contributed by atoms with van der Waals surface area (Å²) in [4.78, 5) is 0. The molecule has 1 rings (SSSR count). The molecule has 0 atom stereocenters. The minimum absolute atomic E-state index is 0.305. The Kier molecular flexibility index (Phi) is 1.95. The van der Waals surface area contributed by atoms with Crippen LogP contribution in [0.1, 0.15) is 9.68 Å². The summed E-state index contributed by atoms with van der Waals surface area (Å²) in [6.45, 7) is 0. The van der Waals surface area contributed by atoms with Gasteiger partial charge in [0.15, 0.2) is 0 Å². The lowest BCUT2D eigenvalue weighted by Crippen LogP contribution is -2.07. The second kappa shape index (κ2) is 3.53. The molecule has 0 heterocycles. The first-order chi connectivity index (χ1) is 6.68. The maximum absolute atomic E-state index is 12.5. The van der Waals surface area contributed by atoms with Crippen LogP contribution in [0.2, 0.25) is 0 Å². The SMILES string of the molecule is [2H]c1c([2H])c(I)c(C(F)(F)F)c([2H])c1Br. The summed E-state index contributed by atoms with van der Waals surface area (Å²) in [5.41, 5.74) is -1.17. The van der Waals surface area contributed by atoms with Gasteiger partial charge in [0.1, 0.15) is 0 Å². The van der Waals surface area contributed by atoms with Gasteiger partial charge >= 0.3 is 6.18 Å². The fourth-order valence-electron chi connectivity index (χ4n) is 0.563. The molecule has 0 aliphatic heterocycles. The smallest absolute Gasteiger partial charge is 0.166 e. The molecule has 0 aliphatic rings. The van der Waals surface area contributed by atoms with E-state index in [4.69, 9.17) is 4.11 Å². The Balaban J connectivity index is 3.68. The van der Waals surface area contributed by atoms with Crippen LogP contribution < -0.4 is 0 Å². The van der Waals surface area contributed by atoms with Gasteiger partial charge in [-0.05, 0) is 40.7 Å². The lowest BCUT2D eigenvalue weighted by Gasteiger charge is -2.08. The molecule has 0 saturated carbocycles. The van der Waals surface area contributed by atoms with E-state index in [0.29, 0.717) is 0 Å². The van der Waals surface area contributed by atoms with Crippen molar-refractivity contribution in [3.8, 4) is 0 Å². The third-order valence-corrected chi connectivity index (χ3v) is 2.23. The second-order valence-electron chi connectivity index (χ2n) is 1.88. The first-order valence-corrected chi connectivity index (χ1v) is 4.57. The molecule has 0 bridgehead atoms. The first-order valence-electron chi connectivity index (χ1n) is 4.19. The van der Waals surface area contributed by atoms with Gasteiger partial charge in [0.2, 0.25) is 0 Å². The standard InChI is InChI=1S/C7H3BrF3I/c8-4-1-2-6(12)5(3-4)7(9,10)11/h1-3H/i1D,2D,3D. The third kappa shape index (κ3) is 2.35. The molecular formula is C7H3BrF3I. The van der Waals surface area contributed by atoms with Crippen molar-refractivity contribution >= 4 is 38.5 Å². The van der Waals surface area contributed by atoms with E-state index in [1.807, 2.05) is 0 Å². The average Bonchev–Trinajstić information content (AvgIpc) is 2.09. The van der Waals surface area contributed by atoms with Crippen molar-refractivity contribution < 1.29 is 17.3 Å². The number of rotatable bonds is 0. The molecule has 0 spiro atoms. The fraction of sp³-hybridized carbons (Fsp3) is 0.143. The van der Waals surface area contributed by atoms with Crippen LogP contribution in [0.3, 0.4) is 0 Å². The minimum atomic E-state index is -4.68. The van der Waals surface area contributed by atoms with Gasteiger partial charge in [0, 0.05) is 8.04 Å². The normalized spacial score (nSPS) is 15.2. The van der Waals surface area contributed by atoms with Crippen molar-refractivity contribution in [2.45, 2.75) is 6.18 Å². The number of hydrogen-bond acceptors (Lipinski definition) is 0. The Hall–Kier alpha value is 0.220. The third-order valence-electron chi connectivity index (χ3n) is 1.02.